The zero-order chi connectivity index (χ0) is 19.7. The molecule has 28 heavy (non-hydrogen) atoms. The third-order valence-electron chi connectivity index (χ3n) is 5.80. The van der Waals surface area contributed by atoms with Crippen LogP contribution in [0.4, 0.5) is 0 Å². The van der Waals surface area contributed by atoms with Gasteiger partial charge in [0.05, 0.1) is 0 Å². The fraction of sp³-hybridized carbons (Fsp3) is 0.550. The molecule has 8 heteroatoms. The molecule has 0 bridgehead atoms. The molecule has 0 aromatic heterocycles. The number of hydrazine groups is 1. The summed E-state index contributed by atoms with van der Waals surface area (Å²) >= 11 is 6.21. The average molecular weight is 405 g/mol. The SMILES string of the molecule is O=C1CCN(N2CCN(Cc3cc(Cl)ccc3C(=O)N3CCCC3)CC2)C1=O. The maximum Gasteiger partial charge on any atom is 0.304 e. The number of carbonyl (C=O) groups is 3. The molecule has 3 saturated heterocycles. The first-order valence-electron chi connectivity index (χ1n) is 9.92. The highest BCUT2D eigenvalue weighted by Gasteiger charge is 2.35. The Hall–Kier alpha value is -1.96. The van der Waals surface area contributed by atoms with Gasteiger partial charge in [-0.05, 0) is 36.6 Å². The molecule has 0 radical (unpaired) electrons. The molecule has 4 rings (SSSR count). The summed E-state index contributed by atoms with van der Waals surface area (Å²) in [5.74, 6) is -0.600. The van der Waals surface area contributed by atoms with Crippen LogP contribution in [0, 0.1) is 0 Å². The predicted octanol–water partition coefficient (Wildman–Crippen LogP) is 1.41. The summed E-state index contributed by atoms with van der Waals surface area (Å²) in [6.45, 7) is 5.69. The number of Topliss-reactive ketones (excluding diaryl/α,β-unsaturated/α-hetero) is 1. The van der Waals surface area contributed by atoms with Gasteiger partial charge < -0.3 is 4.90 Å². The first-order chi connectivity index (χ1) is 13.5. The van der Waals surface area contributed by atoms with Crippen LogP contribution in [0.15, 0.2) is 18.2 Å². The minimum Gasteiger partial charge on any atom is -0.339 e. The standard InChI is InChI=1S/C20H25ClN4O3/c21-16-3-4-17(19(27)23-6-1-2-7-23)15(13-16)14-22-9-11-24(12-10-22)25-8-5-18(26)20(25)28/h3-4,13H,1-2,5-12,14H2. The van der Waals surface area contributed by atoms with Crippen molar-refractivity contribution < 1.29 is 14.4 Å². The molecule has 3 aliphatic heterocycles. The highest BCUT2D eigenvalue weighted by molar-refractivity contribution is 6.37. The molecule has 2 amide bonds. The van der Waals surface area contributed by atoms with Crippen molar-refractivity contribution in [2.75, 3.05) is 45.8 Å². The Morgan fingerprint density at radius 2 is 1.68 bits per heavy atom. The van der Waals surface area contributed by atoms with Crippen LogP contribution >= 0.6 is 11.6 Å². The Bertz CT molecular complexity index is 786. The second-order valence-electron chi connectivity index (χ2n) is 7.63. The van der Waals surface area contributed by atoms with Gasteiger partial charge in [0.1, 0.15) is 0 Å². The quantitative estimate of drug-likeness (QED) is 0.710. The minimum atomic E-state index is -0.387. The molecule has 0 atom stereocenters. The molecular weight excluding hydrogens is 380 g/mol. The van der Waals surface area contributed by atoms with Gasteiger partial charge in [0.15, 0.2) is 0 Å². The number of likely N-dealkylation sites (tertiary alicyclic amines) is 1. The third-order valence-corrected chi connectivity index (χ3v) is 6.03. The number of hydrogen-bond acceptors (Lipinski definition) is 5. The molecule has 0 saturated carbocycles. The number of carbonyl (C=O) groups excluding carboxylic acids is 3. The summed E-state index contributed by atoms with van der Waals surface area (Å²) in [6.07, 6.45) is 2.44. The van der Waals surface area contributed by atoms with E-state index in [4.69, 9.17) is 11.6 Å². The lowest BCUT2D eigenvalue weighted by atomic mass is 10.1. The molecule has 1 aromatic rings. The molecule has 7 nitrogen and oxygen atoms in total. The van der Waals surface area contributed by atoms with Crippen molar-refractivity contribution in [2.24, 2.45) is 0 Å². The van der Waals surface area contributed by atoms with Crippen LogP contribution in [0.2, 0.25) is 5.02 Å². The maximum absolute atomic E-state index is 12.9. The number of piperazine rings is 1. The molecule has 1 aromatic carbocycles. The van der Waals surface area contributed by atoms with Crippen LogP contribution in [0.1, 0.15) is 35.2 Å². The number of ketones is 1. The van der Waals surface area contributed by atoms with Crippen molar-refractivity contribution in [3.05, 3.63) is 34.3 Å². The van der Waals surface area contributed by atoms with Crippen molar-refractivity contribution in [1.82, 2.24) is 19.8 Å². The second kappa shape index (κ2) is 8.19. The molecular formula is C20H25ClN4O3. The van der Waals surface area contributed by atoms with Crippen LogP contribution in [0.25, 0.3) is 0 Å². The summed E-state index contributed by atoms with van der Waals surface area (Å²) in [6, 6.07) is 5.51. The van der Waals surface area contributed by atoms with Crippen LogP contribution in [0.5, 0.6) is 0 Å². The molecule has 3 aliphatic rings. The summed E-state index contributed by atoms with van der Waals surface area (Å²) in [4.78, 5) is 40.5. The number of hydrogen-bond donors (Lipinski definition) is 0. The fourth-order valence-corrected chi connectivity index (χ4v) is 4.39. The molecule has 150 valence electrons. The Labute approximate surface area is 169 Å². The van der Waals surface area contributed by atoms with Gasteiger partial charge in [-0.3, -0.25) is 24.3 Å². The predicted molar refractivity (Wildman–Crippen MR) is 105 cm³/mol. The number of halogens is 1. The zero-order valence-electron chi connectivity index (χ0n) is 15.9. The Balaban J connectivity index is 1.41. The fourth-order valence-electron chi connectivity index (χ4n) is 4.20. The number of amides is 2. The van der Waals surface area contributed by atoms with Crippen LogP contribution in [-0.2, 0) is 16.1 Å². The highest BCUT2D eigenvalue weighted by Crippen LogP contribution is 2.22. The van der Waals surface area contributed by atoms with E-state index in [9.17, 15) is 14.4 Å². The van der Waals surface area contributed by atoms with Gasteiger partial charge in [-0.25, -0.2) is 5.01 Å². The molecule has 0 N–H and O–H groups in total. The first-order valence-corrected chi connectivity index (χ1v) is 10.3. The van der Waals surface area contributed by atoms with E-state index < -0.39 is 0 Å². The lowest BCUT2D eigenvalue weighted by Crippen LogP contribution is -2.54. The number of benzene rings is 1. The monoisotopic (exact) mass is 404 g/mol. The van der Waals surface area contributed by atoms with E-state index >= 15 is 0 Å². The normalized spacial score (nSPS) is 21.8. The van der Waals surface area contributed by atoms with Crippen LogP contribution in [-0.4, -0.2) is 83.2 Å². The molecule has 0 unspecified atom stereocenters. The summed E-state index contributed by atoms with van der Waals surface area (Å²) in [5, 5.41) is 4.19. The number of nitrogens with zero attached hydrogens (tertiary/aromatic N) is 4. The highest BCUT2D eigenvalue weighted by atomic mass is 35.5. The van der Waals surface area contributed by atoms with Gasteiger partial charge in [-0.2, -0.15) is 0 Å². The van der Waals surface area contributed by atoms with Crippen molar-refractivity contribution in [3.63, 3.8) is 0 Å². The van der Waals surface area contributed by atoms with Gasteiger partial charge in [0.2, 0.25) is 5.78 Å². The second-order valence-corrected chi connectivity index (χ2v) is 8.07. The van der Waals surface area contributed by atoms with Crippen molar-refractivity contribution in [3.8, 4) is 0 Å². The average Bonchev–Trinajstić information content (AvgIpc) is 3.33. The van der Waals surface area contributed by atoms with Gasteiger partial charge >= 0.3 is 5.91 Å². The third kappa shape index (κ3) is 3.92. The van der Waals surface area contributed by atoms with Crippen LogP contribution in [0.3, 0.4) is 0 Å². The number of rotatable bonds is 4. The summed E-state index contributed by atoms with van der Waals surface area (Å²) in [7, 11) is 0. The first kappa shape index (κ1) is 19.4. The summed E-state index contributed by atoms with van der Waals surface area (Å²) in [5.41, 5.74) is 1.68. The van der Waals surface area contributed by atoms with Gasteiger partial charge in [-0.1, -0.05) is 11.6 Å². The zero-order valence-corrected chi connectivity index (χ0v) is 16.7. The van der Waals surface area contributed by atoms with Gasteiger partial charge in [-0.15, -0.1) is 0 Å². The van der Waals surface area contributed by atoms with Gasteiger partial charge in [0, 0.05) is 69.4 Å². The molecule has 0 spiro atoms. The Morgan fingerprint density at radius 1 is 0.964 bits per heavy atom. The van der Waals surface area contributed by atoms with E-state index in [1.807, 2.05) is 22.0 Å². The van der Waals surface area contributed by atoms with E-state index in [0.29, 0.717) is 37.6 Å². The minimum absolute atomic E-state index is 0.0870. The smallest absolute Gasteiger partial charge is 0.304 e. The van der Waals surface area contributed by atoms with Crippen molar-refractivity contribution in [2.45, 2.75) is 25.8 Å². The van der Waals surface area contributed by atoms with E-state index in [0.717, 1.165) is 50.1 Å². The topological polar surface area (TPSA) is 64.2 Å². The molecule has 3 fully saturated rings. The largest absolute Gasteiger partial charge is 0.339 e. The van der Waals surface area contributed by atoms with E-state index in [-0.39, 0.29) is 17.6 Å². The van der Waals surface area contributed by atoms with E-state index in [1.54, 1.807) is 11.1 Å². The van der Waals surface area contributed by atoms with Crippen LogP contribution < -0.4 is 0 Å². The van der Waals surface area contributed by atoms with E-state index in [2.05, 4.69) is 4.90 Å². The van der Waals surface area contributed by atoms with Gasteiger partial charge in [0.25, 0.3) is 5.91 Å². The summed E-state index contributed by atoms with van der Waals surface area (Å²) < 4.78 is 0. The molecule has 0 aliphatic carbocycles. The lowest BCUT2D eigenvalue weighted by molar-refractivity contribution is -0.152. The van der Waals surface area contributed by atoms with Crippen molar-refractivity contribution in [1.29, 1.82) is 0 Å². The Morgan fingerprint density at radius 3 is 2.32 bits per heavy atom. The Kier molecular flexibility index (Phi) is 5.66. The molecule has 3 heterocycles. The van der Waals surface area contributed by atoms with Crippen molar-refractivity contribution >= 4 is 29.2 Å². The van der Waals surface area contributed by atoms with E-state index in [1.165, 1.54) is 0 Å². The lowest BCUT2D eigenvalue weighted by Gasteiger charge is -2.39. The maximum atomic E-state index is 12.9.